The third-order valence-corrected chi connectivity index (χ3v) is 3.46. The summed E-state index contributed by atoms with van der Waals surface area (Å²) in [6.07, 6.45) is 0. The van der Waals surface area contributed by atoms with Crippen molar-refractivity contribution in [2.75, 3.05) is 11.1 Å². The first-order chi connectivity index (χ1) is 10.1. The van der Waals surface area contributed by atoms with E-state index >= 15 is 0 Å². The fourth-order valence-corrected chi connectivity index (χ4v) is 2.69. The highest BCUT2D eigenvalue weighted by Gasteiger charge is 2.11. The summed E-state index contributed by atoms with van der Waals surface area (Å²) in [4.78, 5) is 3.96. The van der Waals surface area contributed by atoms with Gasteiger partial charge in [-0.3, -0.25) is 0 Å². The summed E-state index contributed by atoms with van der Waals surface area (Å²) in [5, 5.41) is 10.5. The molecule has 0 aliphatic heterocycles. The van der Waals surface area contributed by atoms with Crippen LogP contribution in [-0.2, 0) is 0 Å². The Bertz CT molecular complexity index is 747. The van der Waals surface area contributed by atoms with Gasteiger partial charge in [0.25, 0.3) is 0 Å². The zero-order valence-electron chi connectivity index (χ0n) is 10.8. The number of aromatic nitrogens is 3. The van der Waals surface area contributed by atoms with Gasteiger partial charge in [-0.1, -0.05) is 53.5 Å². The zero-order chi connectivity index (χ0) is 14.8. The molecule has 0 aliphatic rings. The minimum Gasteiger partial charge on any atom is -0.368 e. The van der Waals surface area contributed by atoms with E-state index in [-0.39, 0.29) is 5.95 Å². The molecule has 0 aliphatic carbocycles. The number of anilines is 3. The number of benzene rings is 2. The van der Waals surface area contributed by atoms with Crippen LogP contribution in [0, 0.1) is 0 Å². The first-order valence-corrected chi connectivity index (χ1v) is 6.88. The van der Waals surface area contributed by atoms with Crippen molar-refractivity contribution in [3.05, 3.63) is 52.5 Å². The lowest BCUT2D eigenvalue weighted by Gasteiger charge is -2.10. The molecule has 2 aromatic carbocycles. The highest BCUT2D eigenvalue weighted by molar-refractivity contribution is 6.39. The van der Waals surface area contributed by atoms with Crippen molar-refractivity contribution in [3.8, 4) is 11.1 Å². The number of halogens is 2. The SMILES string of the molecule is Nc1nc(Nc2cc(Cl)c(-c3ccccc3)c(Cl)c2)n[nH]1. The smallest absolute Gasteiger partial charge is 0.248 e. The summed E-state index contributed by atoms with van der Waals surface area (Å²) in [5.74, 6) is 0.586. The normalized spacial score (nSPS) is 10.6. The van der Waals surface area contributed by atoms with Gasteiger partial charge < -0.3 is 11.1 Å². The average Bonchev–Trinajstić information content (AvgIpc) is 2.84. The molecule has 21 heavy (non-hydrogen) atoms. The molecule has 4 N–H and O–H groups in total. The van der Waals surface area contributed by atoms with Crippen molar-refractivity contribution in [1.29, 1.82) is 0 Å². The van der Waals surface area contributed by atoms with Crippen molar-refractivity contribution >= 4 is 40.8 Å². The van der Waals surface area contributed by atoms with E-state index in [1.165, 1.54) is 0 Å². The molecule has 0 fully saturated rings. The van der Waals surface area contributed by atoms with Crippen LogP contribution in [0.3, 0.4) is 0 Å². The lowest BCUT2D eigenvalue weighted by molar-refractivity contribution is 1.10. The van der Waals surface area contributed by atoms with Crippen LogP contribution in [0.4, 0.5) is 17.6 Å². The molecule has 5 nitrogen and oxygen atoms in total. The number of nitrogens with one attached hydrogen (secondary N) is 2. The summed E-state index contributed by atoms with van der Waals surface area (Å²) in [7, 11) is 0. The third kappa shape index (κ3) is 2.94. The minimum absolute atomic E-state index is 0.232. The first-order valence-electron chi connectivity index (χ1n) is 6.13. The number of aromatic amines is 1. The molecule has 3 aromatic rings. The van der Waals surface area contributed by atoms with Crippen LogP contribution in [0.25, 0.3) is 11.1 Å². The summed E-state index contributed by atoms with van der Waals surface area (Å²) >= 11 is 12.7. The van der Waals surface area contributed by atoms with Crippen LogP contribution in [-0.4, -0.2) is 15.2 Å². The highest BCUT2D eigenvalue weighted by Crippen LogP contribution is 2.37. The van der Waals surface area contributed by atoms with Crippen molar-refractivity contribution in [2.45, 2.75) is 0 Å². The molecule has 0 unspecified atom stereocenters. The Morgan fingerprint density at radius 1 is 1.05 bits per heavy atom. The number of nitrogens with two attached hydrogens (primary N) is 1. The fourth-order valence-electron chi connectivity index (χ4n) is 1.99. The molecular weight excluding hydrogens is 309 g/mol. The van der Waals surface area contributed by atoms with Gasteiger partial charge in [0.2, 0.25) is 11.9 Å². The van der Waals surface area contributed by atoms with Crippen LogP contribution in [0.2, 0.25) is 10.0 Å². The maximum Gasteiger partial charge on any atom is 0.248 e. The number of rotatable bonds is 3. The van der Waals surface area contributed by atoms with Gasteiger partial charge >= 0.3 is 0 Å². The van der Waals surface area contributed by atoms with Gasteiger partial charge in [0.05, 0.1) is 10.0 Å². The lowest BCUT2D eigenvalue weighted by Crippen LogP contribution is -1.94. The molecule has 7 heteroatoms. The second-order valence-electron chi connectivity index (χ2n) is 4.35. The fraction of sp³-hybridized carbons (Fsp3) is 0. The molecule has 1 heterocycles. The predicted molar refractivity (Wildman–Crippen MR) is 86.0 cm³/mol. The second-order valence-corrected chi connectivity index (χ2v) is 5.16. The first kappa shape index (κ1) is 13.7. The summed E-state index contributed by atoms with van der Waals surface area (Å²) in [6, 6.07) is 13.3. The Kier molecular flexibility index (Phi) is 3.68. The summed E-state index contributed by atoms with van der Waals surface area (Å²) in [6.45, 7) is 0. The van der Waals surface area contributed by atoms with Crippen LogP contribution < -0.4 is 11.1 Å². The molecule has 0 bridgehead atoms. The van der Waals surface area contributed by atoms with Crippen LogP contribution in [0.1, 0.15) is 0 Å². The van der Waals surface area contributed by atoms with Crippen molar-refractivity contribution in [2.24, 2.45) is 0 Å². The minimum atomic E-state index is 0.232. The Balaban J connectivity index is 1.96. The number of nitrogens with zero attached hydrogens (tertiary/aromatic N) is 2. The second kappa shape index (κ2) is 5.63. The van der Waals surface area contributed by atoms with Crippen LogP contribution >= 0.6 is 23.2 Å². The monoisotopic (exact) mass is 319 g/mol. The van der Waals surface area contributed by atoms with Gasteiger partial charge in [0.1, 0.15) is 0 Å². The molecule has 0 saturated carbocycles. The largest absolute Gasteiger partial charge is 0.368 e. The summed E-state index contributed by atoms with van der Waals surface area (Å²) in [5.41, 5.74) is 7.90. The highest BCUT2D eigenvalue weighted by atomic mass is 35.5. The molecule has 106 valence electrons. The molecule has 0 amide bonds. The van der Waals surface area contributed by atoms with Crippen molar-refractivity contribution in [1.82, 2.24) is 15.2 Å². The maximum absolute atomic E-state index is 6.34. The predicted octanol–water partition coefficient (Wildman–Crippen LogP) is 4.10. The Morgan fingerprint density at radius 2 is 1.71 bits per heavy atom. The van der Waals surface area contributed by atoms with E-state index in [0.29, 0.717) is 21.7 Å². The van der Waals surface area contributed by atoms with E-state index in [1.54, 1.807) is 12.1 Å². The molecule has 0 spiro atoms. The van der Waals surface area contributed by atoms with Gasteiger partial charge in [-0.2, -0.15) is 4.98 Å². The van der Waals surface area contributed by atoms with Gasteiger partial charge in [-0.05, 0) is 17.7 Å². The average molecular weight is 320 g/mol. The molecule has 0 saturated heterocycles. The molecule has 3 rings (SSSR count). The van der Waals surface area contributed by atoms with Gasteiger partial charge in [0, 0.05) is 11.3 Å². The molecule has 1 aromatic heterocycles. The van der Waals surface area contributed by atoms with E-state index in [0.717, 1.165) is 11.1 Å². The number of H-pyrrole nitrogens is 1. The number of nitrogen functional groups attached to an aromatic ring is 1. The van der Waals surface area contributed by atoms with Crippen molar-refractivity contribution < 1.29 is 0 Å². The quantitative estimate of drug-likeness (QED) is 0.678. The lowest BCUT2D eigenvalue weighted by atomic mass is 10.1. The summed E-state index contributed by atoms with van der Waals surface area (Å²) < 4.78 is 0. The van der Waals surface area contributed by atoms with Crippen LogP contribution in [0.5, 0.6) is 0 Å². The zero-order valence-corrected chi connectivity index (χ0v) is 12.3. The Hall–Kier alpha value is -2.24. The van der Waals surface area contributed by atoms with E-state index in [1.807, 2.05) is 30.3 Å². The van der Waals surface area contributed by atoms with Gasteiger partial charge in [0.15, 0.2) is 0 Å². The molecule has 0 radical (unpaired) electrons. The molecule has 0 atom stereocenters. The Labute approximate surface area is 131 Å². The van der Waals surface area contributed by atoms with Crippen molar-refractivity contribution in [3.63, 3.8) is 0 Å². The van der Waals surface area contributed by atoms with Crippen LogP contribution in [0.15, 0.2) is 42.5 Å². The van der Waals surface area contributed by atoms with E-state index in [9.17, 15) is 0 Å². The Morgan fingerprint density at radius 3 is 2.29 bits per heavy atom. The number of hydrogen-bond acceptors (Lipinski definition) is 4. The van der Waals surface area contributed by atoms with Gasteiger partial charge in [-0.25, -0.2) is 5.10 Å². The van der Waals surface area contributed by atoms with E-state index < -0.39 is 0 Å². The topological polar surface area (TPSA) is 79.6 Å². The standard InChI is InChI=1S/C14H11Cl2N5/c15-10-6-9(18-14-19-13(17)20-21-14)7-11(16)12(10)8-4-2-1-3-5-8/h1-7H,(H4,17,18,19,20,21). The number of hydrogen-bond donors (Lipinski definition) is 3. The van der Waals surface area contributed by atoms with Gasteiger partial charge in [-0.15, -0.1) is 5.10 Å². The molecular formula is C14H11Cl2N5. The van der Waals surface area contributed by atoms with E-state index in [4.69, 9.17) is 28.9 Å². The van der Waals surface area contributed by atoms with E-state index in [2.05, 4.69) is 20.5 Å². The third-order valence-electron chi connectivity index (χ3n) is 2.86. The maximum atomic E-state index is 6.34.